The van der Waals surface area contributed by atoms with Crippen LogP contribution in [0, 0.1) is 10.1 Å². The average Bonchev–Trinajstić information content (AvgIpc) is 2.90. The summed E-state index contributed by atoms with van der Waals surface area (Å²) in [5.74, 6) is 0.880. The molecule has 1 saturated heterocycles. The number of rotatable bonds is 5. The minimum absolute atomic E-state index is 0.0482. The van der Waals surface area contributed by atoms with Gasteiger partial charge in [0.1, 0.15) is 6.33 Å². The minimum Gasteiger partial charge on any atom is -0.361 e. The van der Waals surface area contributed by atoms with Crippen molar-refractivity contribution in [3.05, 3.63) is 16.4 Å². The Kier molecular flexibility index (Phi) is 6.04. The van der Waals surface area contributed by atoms with Gasteiger partial charge in [0.05, 0.1) is 4.92 Å². The van der Waals surface area contributed by atoms with Crippen molar-refractivity contribution in [1.29, 1.82) is 0 Å². The second-order valence-corrected chi connectivity index (χ2v) is 7.24. The van der Waals surface area contributed by atoms with Gasteiger partial charge in [0.25, 0.3) is 0 Å². The van der Waals surface area contributed by atoms with Crippen LogP contribution in [0.2, 0.25) is 0 Å². The fourth-order valence-electron chi connectivity index (χ4n) is 4.17. The Bertz CT molecular complexity index is 587. The molecule has 0 bridgehead atoms. The first kappa shape index (κ1) is 17.9. The number of hydrogen-bond acceptors (Lipinski definition) is 6. The molecule has 0 amide bonds. The molecule has 1 aliphatic carbocycles. The lowest BCUT2D eigenvalue weighted by Crippen LogP contribution is -2.40. The second-order valence-electron chi connectivity index (χ2n) is 7.24. The number of hydrogen-bond donors (Lipinski definition) is 1. The highest BCUT2D eigenvalue weighted by Gasteiger charge is 2.32. The third-order valence-corrected chi connectivity index (χ3v) is 5.55. The summed E-state index contributed by atoms with van der Waals surface area (Å²) < 4.78 is 0. The van der Waals surface area contributed by atoms with Gasteiger partial charge in [0.15, 0.2) is 0 Å². The highest BCUT2D eigenvalue weighted by Crippen LogP contribution is 2.36. The molecule has 7 nitrogen and oxygen atoms in total. The first-order valence-electron chi connectivity index (χ1n) is 9.73. The van der Waals surface area contributed by atoms with Crippen LogP contribution < -0.4 is 10.2 Å². The maximum Gasteiger partial charge on any atom is 0.353 e. The van der Waals surface area contributed by atoms with E-state index in [1.165, 1.54) is 38.4 Å². The third-order valence-electron chi connectivity index (χ3n) is 5.55. The molecule has 1 aliphatic heterocycles. The van der Waals surface area contributed by atoms with Crippen LogP contribution >= 0.6 is 0 Å². The predicted octanol–water partition coefficient (Wildman–Crippen LogP) is 4.29. The Morgan fingerprint density at radius 3 is 2.56 bits per heavy atom. The standard InChI is InChI=1S/C18H29N5O2/c1-2-15-11-7-8-12-22(15)18-16(23(24)25)17(19-13-20-18)21-14-9-5-3-4-6-10-14/h13-15H,2-12H2,1H3,(H,19,20,21). The van der Waals surface area contributed by atoms with E-state index in [1.807, 2.05) is 0 Å². The zero-order valence-electron chi connectivity index (χ0n) is 15.1. The van der Waals surface area contributed by atoms with E-state index in [0.717, 1.165) is 38.6 Å². The lowest BCUT2D eigenvalue weighted by Gasteiger charge is -2.35. The van der Waals surface area contributed by atoms with Gasteiger partial charge >= 0.3 is 5.69 Å². The van der Waals surface area contributed by atoms with Crippen molar-refractivity contribution in [1.82, 2.24) is 9.97 Å². The van der Waals surface area contributed by atoms with Gasteiger partial charge in [-0.15, -0.1) is 0 Å². The van der Waals surface area contributed by atoms with Crippen LogP contribution in [0.3, 0.4) is 0 Å². The fraction of sp³-hybridized carbons (Fsp3) is 0.778. The summed E-state index contributed by atoms with van der Waals surface area (Å²) >= 11 is 0. The molecular weight excluding hydrogens is 318 g/mol. The topological polar surface area (TPSA) is 84.2 Å². The SMILES string of the molecule is CCC1CCCCN1c1ncnc(NC2CCCCCC2)c1[N+](=O)[O-]. The van der Waals surface area contributed by atoms with E-state index < -0.39 is 0 Å². The normalized spacial score (nSPS) is 22.4. The number of nitro groups is 1. The fourth-order valence-corrected chi connectivity index (χ4v) is 4.17. The van der Waals surface area contributed by atoms with E-state index in [-0.39, 0.29) is 16.7 Å². The molecule has 1 unspecified atom stereocenters. The smallest absolute Gasteiger partial charge is 0.353 e. The first-order valence-corrected chi connectivity index (χ1v) is 9.73. The molecule has 1 atom stereocenters. The summed E-state index contributed by atoms with van der Waals surface area (Å²) in [6.07, 6.45) is 12.7. The molecule has 0 aromatic carbocycles. The van der Waals surface area contributed by atoms with E-state index in [1.54, 1.807) is 0 Å². The van der Waals surface area contributed by atoms with E-state index in [9.17, 15) is 10.1 Å². The molecular formula is C18H29N5O2. The van der Waals surface area contributed by atoms with E-state index in [4.69, 9.17) is 0 Å². The van der Waals surface area contributed by atoms with Crippen molar-refractivity contribution in [3.8, 4) is 0 Å². The lowest BCUT2D eigenvalue weighted by molar-refractivity contribution is -0.383. The molecule has 138 valence electrons. The van der Waals surface area contributed by atoms with Crippen LogP contribution in [0.5, 0.6) is 0 Å². The molecule has 2 aliphatic rings. The van der Waals surface area contributed by atoms with Gasteiger partial charge in [-0.05, 0) is 38.5 Å². The van der Waals surface area contributed by atoms with Crippen molar-refractivity contribution in [2.24, 2.45) is 0 Å². The van der Waals surface area contributed by atoms with Gasteiger partial charge in [0.2, 0.25) is 11.6 Å². The number of nitrogens with zero attached hydrogens (tertiary/aromatic N) is 4. The van der Waals surface area contributed by atoms with Crippen LogP contribution in [0.15, 0.2) is 6.33 Å². The molecule has 1 aromatic rings. The van der Waals surface area contributed by atoms with Crippen LogP contribution in [0.1, 0.15) is 71.1 Å². The summed E-state index contributed by atoms with van der Waals surface area (Å²) in [6, 6.07) is 0.598. The van der Waals surface area contributed by atoms with Gasteiger partial charge in [-0.3, -0.25) is 10.1 Å². The maximum absolute atomic E-state index is 11.8. The Morgan fingerprint density at radius 1 is 1.16 bits per heavy atom. The Morgan fingerprint density at radius 2 is 1.88 bits per heavy atom. The van der Waals surface area contributed by atoms with Crippen molar-refractivity contribution in [2.75, 3.05) is 16.8 Å². The third kappa shape index (κ3) is 4.19. The second kappa shape index (κ2) is 8.45. The summed E-state index contributed by atoms with van der Waals surface area (Å²) in [6.45, 7) is 2.97. The zero-order valence-corrected chi connectivity index (χ0v) is 15.1. The molecule has 2 heterocycles. The Balaban J connectivity index is 1.89. The molecule has 0 radical (unpaired) electrons. The van der Waals surface area contributed by atoms with Crippen LogP contribution in [-0.2, 0) is 0 Å². The molecule has 0 spiro atoms. The van der Waals surface area contributed by atoms with Crippen molar-refractivity contribution < 1.29 is 4.92 Å². The number of nitrogens with one attached hydrogen (secondary N) is 1. The predicted molar refractivity (Wildman–Crippen MR) is 99.1 cm³/mol. The maximum atomic E-state index is 11.8. The summed E-state index contributed by atoms with van der Waals surface area (Å²) in [5.41, 5.74) is 0.0482. The van der Waals surface area contributed by atoms with Crippen molar-refractivity contribution in [2.45, 2.75) is 83.2 Å². The highest BCUT2D eigenvalue weighted by atomic mass is 16.6. The van der Waals surface area contributed by atoms with Gasteiger partial charge in [-0.2, -0.15) is 0 Å². The first-order chi connectivity index (χ1) is 12.2. The van der Waals surface area contributed by atoms with Crippen LogP contribution in [0.25, 0.3) is 0 Å². The lowest BCUT2D eigenvalue weighted by atomic mass is 10.00. The largest absolute Gasteiger partial charge is 0.361 e. The van der Waals surface area contributed by atoms with Crippen molar-refractivity contribution in [3.63, 3.8) is 0 Å². The highest BCUT2D eigenvalue weighted by molar-refractivity contribution is 5.71. The minimum atomic E-state index is -0.310. The van der Waals surface area contributed by atoms with E-state index in [0.29, 0.717) is 17.7 Å². The van der Waals surface area contributed by atoms with Gasteiger partial charge in [-0.1, -0.05) is 32.6 Å². The van der Waals surface area contributed by atoms with E-state index >= 15 is 0 Å². The van der Waals surface area contributed by atoms with Gasteiger partial charge in [0, 0.05) is 18.6 Å². The van der Waals surface area contributed by atoms with E-state index in [2.05, 4.69) is 27.1 Å². The van der Waals surface area contributed by atoms with Gasteiger partial charge < -0.3 is 10.2 Å². The summed E-state index contributed by atoms with van der Waals surface area (Å²) in [5, 5.41) is 15.2. The molecule has 7 heteroatoms. The van der Waals surface area contributed by atoms with Crippen molar-refractivity contribution >= 4 is 17.3 Å². The van der Waals surface area contributed by atoms with Gasteiger partial charge in [-0.25, -0.2) is 9.97 Å². The molecule has 1 N–H and O–H groups in total. The number of aromatic nitrogens is 2. The molecule has 1 saturated carbocycles. The quantitative estimate of drug-likeness (QED) is 0.486. The Labute approximate surface area is 149 Å². The molecule has 25 heavy (non-hydrogen) atoms. The summed E-state index contributed by atoms with van der Waals surface area (Å²) in [4.78, 5) is 22.2. The van der Waals surface area contributed by atoms with Crippen LogP contribution in [-0.4, -0.2) is 33.5 Å². The number of anilines is 2. The average molecular weight is 347 g/mol. The molecule has 3 rings (SSSR count). The number of piperidine rings is 1. The summed E-state index contributed by atoms with van der Waals surface area (Å²) in [7, 11) is 0. The molecule has 2 fully saturated rings. The zero-order chi connectivity index (χ0) is 17.6. The Hall–Kier alpha value is -1.92. The van der Waals surface area contributed by atoms with Crippen LogP contribution in [0.4, 0.5) is 17.3 Å². The monoisotopic (exact) mass is 347 g/mol. The molecule has 1 aromatic heterocycles.